The van der Waals surface area contributed by atoms with Crippen molar-refractivity contribution in [2.24, 2.45) is 0 Å². The van der Waals surface area contributed by atoms with Crippen molar-refractivity contribution in [1.29, 1.82) is 0 Å². The predicted octanol–water partition coefficient (Wildman–Crippen LogP) is -8.97. The van der Waals surface area contributed by atoms with Crippen LogP contribution in [-0.2, 0) is 0 Å². The Morgan fingerprint density at radius 3 is 0.700 bits per heavy atom. The molecule has 0 aliphatic carbocycles. The Balaban J connectivity index is -0.0000000237. The summed E-state index contributed by atoms with van der Waals surface area (Å²) in [5.74, 6) is 0. The van der Waals surface area contributed by atoms with E-state index in [4.69, 9.17) is 0 Å². The number of benzene rings is 2. The molecule has 0 heterocycles. The molecule has 0 aromatic heterocycles. The molecule has 20 heavy (non-hydrogen) atoms. The first-order valence-corrected chi connectivity index (χ1v) is 4.32. The van der Waals surface area contributed by atoms with Crippen LogP contribution in [-0.4, -0.2) is 47.8 Å². The van der Waals surface area contributed by atoms with Crippen molar-refractivity contribution in [2.45, 2.75) is 0 Å². The summed E-state index contributed by atoms with van der Waals surface area (Å²) in [4.78, 5) is 0. The van der Waals surface area contributed by atoms with Crippen LogP contribution in [0.1, 0.15) is 0 Å². The van der Waals surface area contributed by atoms with Crippen molar-refractivity contribution in [3.8, 4) is 0 Å². The Morgan fingerprint density at radius 1 is 0.450 bits per heavy atom. The average molecular weight is 562 g/mol. The van der Waals surface area contributed by atoms with Gasteiger partial charge in [-0.3, -0.25) is 0 Å². The van der Waals surface area contributed by atoms with Crippen LogP contribution in [0.5, 0.6) is 0 Å². The minimum atomic E-state index is 0. The van der Waals surface area contributed by atoms with Crippen molar-refractivity contribution in [1.82, 2.24) is 0 Å². The van der Waals surface area contributed by atoms with Crippen LogP contribution in [0.4, 0.5) is 0 Å². The molecule has 0 aliphatic heterocycles. The van der Waals surface area contributed by atoms with Gasteiger partial charge in [0.2, 0.25) is 0 Å². The van der Waals surface area contributed by atoms with E-state index in [0.29, 0.717) is 0 Å². The summed E-state index contributed by atoms with van der Waals surface area (Å²) < 4.78 is 0. The average Bonchev–Trinajstić information content (AvgIpc) is 2.37. The molecule has 0 saturated heterocycles. The van der Waals surface area contributed by atoms with E-state index < -0.39 is 0 Å². The fourth-order valence-electron chi connectivity index (χ4n) is 0.684. The second-order valence-corrected chi connectivity index (χ2v) is 2.15. The summed E-state index contributed by atoms with van der Waals surface area (Å²) >= 11 is 0. The van der Waals surface area contributed by atoms with Gasteiger partial charge in [-0.25, -0.2) is 0 Å². The van der Waals surface area contributed by atoms with Crippen molar-refractivity contribution in [3.05, 3.63) is 86.0 Å². The summed E-state index contributed by atoms with van der Waals surface area (Å²) in [5, 5.41) is 0. The Labute approximate surface area is 181 Å². The third-order valence-electron chi connectivity index (χ3n) is 1.21. The topological polar surface area (TPSA) is 0 Å². The fourth-order valence-corrected chi connectivity index (χ4v) is 0.684. The zero-order valence-electron chi connectivity index (χ0n) is 10.7. The minimum Gasteiger partial charge on any atom is -1.00 e. The molecule has 0 fully saturated rings. The summed E-state index contributed by atoms with van der Waals surface area (Å²) in [6.45, 7) is 6.00. The second-order valence-electron chi connectivity index (χ2n) is 2.15. The monoisotopic (exact) mass is 562 g/mol. The van der Waals surface area contributed by atoms with Gasteiger partial charge >= 0.3 is 47.8 Å². The molecule has 6 radical (unpaired) electrons. The van der Waals surface area contributed by atoms with Crippen LogP contribution in [0.25, 0.3) is 0 Å². The van der Waals surface area contributed by atoms with E-state index in [2.05, 4.69) is 25.3 Å². The fraction of sp³-hybridized carbons (Fsp3) is 0. The van der Waals surface area contributed by atoms with Gasteiger partial charge in [-0.2, -0.15) is 0 Å². The molecule has 0 nitrogen and oxygen atoms in total. The minimum absolute atomic E-state index is 0. The van der Waals surface area contributed by atoms with Crippen LogP contribution in [0, 0.1) is 12.1 Å². The molecule has 2 rings (SSSR count). The molecule has 0 aliphatic rings. The zero-order valence-corrected chi connectivity index (χ0v) is 19.4. The Hall–Kier alpha value is 0.937. The maximum Gasteiger partial charge on any atom is 2.00 e. The molecule has 2 aromatic rings. The molecule has 0 N–H and O–H groups in total. The van der Waals surface area contributed by atoms with Gasteiger partial charge in [-0.05, 0) is 12.1 Å². The standard InChI is InChI=1S/2C6H5.C2H4.4ClH.2Sn/c2*1-2-4-6-5-3-1;1-2;;;;;;/h2*1-5H;1-2H2;4*1H;;/q;;;;;;;2*+2/p-4. The van der Waals surface area contributed by atoms with Crippen molar-refractivity contribution >= 4 is 47.8 Å². The summed E-state index contributed by atoms with van der Waals surface area (Å²) in [6, 6.07) is 25.0. The van der Waals surface area contributed by atoms with E-state index in [9.17, 15) is 0 Å². The smallest absolute Gasteiger partial charge is 1.00 e. The summed E-state index contributed by atoms with van der Waals surface area (Å²) in [6.07, 6.45) is 0. The van der Waals surface area contributed by atoms with E-state index in [1.165, 1.54) is 0 Å². The predicted molar refractivity (Wildman–Crippen MR) is 73.3 cm³/mol. The Kier molecular flexibility index (Phi) is 91.5. The van der Waals surface area contributed by atoms with Gasteiger partial charge in [-0.1, -0.05) is 60.7 Å². The van der Waals surface area contributed by atoms with Crippen molar-refractivity contribution in [3.63, 3.8) is 0 Å². The SMILES string of the molecule is C=C.[Cl-].[Cl-].[Cl-].[Cl-].[Sn+2].[Sn+2].[c]1ccccc1.[c]1ccccc1. The molecule has 0 spiro atoms. The van der Waals surface area contributed by atoms with Gasteiger partial charge in [0, 0.05) is 0 Å². The number of hydrogen-bond acceptors (Lipinski definition) is 0. The van der Waals surface area contributed by atoms with Gasteiger partial charge < -0.3 is 49.6 Å². The summed E-state index contributed by atoms with van der Waals surface area (Å²) in [5.41, 5.74) is 0. The number of halogens is 4. The van der Waals surface area contributed by atoms with E-state index in [-0.39, 0.29) is 97.4 Å². The third kappa shape index (κ3) is 36.4. The quantitative estimate of drug-likeness (QED) is 0.222. The molecule has 0 unspecified atom stereocenters. The summed E-state index contributed by atoms with van der Waals surface area (Å²) in [7, 11) is 0. The zero-order chi connectivity index (χ0) is 10.5. The molecular formula is C14H14Cl4Sn2. The van der Waals surface area contributed by atoms with E-state index in [1.807, 2.05) is 60.7 Å². The molecule has 0 bridgehead atoms. The molecular weight excluding hydrogens is 547 g/mol. The first-order valence-electron chi connectivity index (χ1n) is 4.32. The van der Waals surface area contributed by atoms with Crippen molar-refractivity contribution in [2.75, 3.05) is 0 Å². The second kappa shape index (κ2) is 42.7. The van der Waals surface area contributed by atoms with E-state index >= 15 is 0 Å². The van der Waals surface area contributed by atoms with Gasteiger partial charge in [0.15, 0.2) is 0 Å². The van der Waals surface area contributed by atoms with E-state index in [1.54, 1.807) is 0 Å². The Bertz CT molecular complexity index is 211. The molecule has 2 aromatic carbocycles. The molecule has 0 atom stereocenters. The molecule has 0 amide bonds. The van der Waals surface area contributed by atoms with Crippen LogP contribution in [0.15, 0.2) is 73.8 Å². The molecule has 106 valence electrons. The number of hydrogen-bond donors (Lipinski definition) is 0. The first kappa shape index (κ1) is 42.8. The van der Waals surface area contributed by atoms with Crippen LogP contribution in [0.3, 0.4) is 0 Å². The third-order valence-corrected chi connectivity index (χ3v) is 1.21. The van der Waals surface area contributed by atoms with Gasteiger partial charge in [0.25, 0.3) is 0 Å². The van der Waals surface area contributed by atoms with Crippen LogP contribution < -0.4 is 49.6 Å². The van der Waals surface area contributed by atoms with Gasteiger partial charge in [0.05, 0.1) is 0 Å². The largest absolute Gasteiger partial charge is 2.00 e. The maximum atomic E-state index is 3.00. The van der Waals surface area contributed by atoms with Gasteiger partial charge in [0.1, 0.15) is 0 Å². The van der Waals surface area contributed by atoms with Crippen LogP contribution >= 0.6 is 0 Å². The van der Waals surface area contributed by atoms with Gasteiger partial charge in [-0.15, -0.1) is 13.2 Å². The maximum absolute atomic E-state index is 3.00. The molecule has 6 heteroatoms. The van der Waals surface area contributed by atoms with Crippen LogP contribution in [0.2, 0.25) is 0 Å². The van der Waals surface area contributed by atoms with E-state index in [0.717, 1.165) is 0 Å². The number of rotatable bonds is 0. The van der Waals surface area contributed by atoms with Crippen molar-refractivity contribution < 1.29 is 49.6 Å². The molecule has 0 saturated carbocycles. The Morgan fingerprint density at radius 2 is 0.650 bits per heavy atom. The normalized spacial score (nSPS) is 5.00. The first-order chi connectivity index (χ1) is 7.00.